The molecule has 0 aromatic rings. The summed E-state index contributed by atoms with van der Waals surface area (Å²) in [5, 5.41) is 2.42. The number of alkyl halides is 1. The van der Waals surface area contributed by atoms with E-state index in [-0.39, 0.29) is 12.4 Å². The zero-order valence-electron chi connectivity index (χ0n) is 6.32. The molecule has 0 radical (unpaired) electrons. The summed E-state index contributed by atoms with van der Waals surface area (Å²) in [4.78, 5) is 0. The van der Waals surface area contributed by atoms with Crippen molar-refractivity contribution in [3.05, 3.63) is 0 Å². The van der Waals surface area contributed by atoms with Crippen LogP contribution in [0.3, 0.4) is 0 Å². The molecule has 1 aliphatic heterocycles. The molecule has 1 rings (SSSR count). The van der Waals surface area contributed by atoms with E-state index in [0.717, 1.165) is 11.9 Å². The van der Waals surface area contributed by atoms with Crippen molar-refractivity contribution in [2.24, 2.45) is 5.92 Å². The van der Waals surface area contributed by atoms with Crippen LogP contribution in [0, 0.1) is 5.92 Å². The van der Waals surface area contributed by atoms with Gasteiger partial charge in [0.1, 0.15) is 0 Å². The van der Waals surface area contributed by atoms with E-state index >= 15 is 0 Å². The van der Waals surface area contributed by atoms with E-state index in [9.17, 15) is 0 Å². The molecule has 1 fully saturated rings. The fourth-order valence-corrected chi connectivity index (χ4v) is 1.66. The summed E-state index contributed by atoms with van der Waals surface area (Å²) in [5.74, 6) is 1.52. The highest BCUT2D eigenvalue weighted by Gasteiger charge is 2.23. The average molecular weight is 184 g/mol. The van der Waals surface area contributed by atoms with Gasteiger partial charge in [-0.05, 0) is 0 Å². The minimum atomic E-state index is 0. The number of hydrogen-bond donors (Lipinski definition) is 1. The predicted molar refractivity (Wildman–Crippen MR) is 39.7 cm³/mol. The van der Waals surface area contributed by atoms with Crippen LogP contribution in [0.25, 0.3) is 0 Å². The van der Waals surface area contributed by atoms with E-state index < -0.39 is 0 Å². The minimum Gasteiger partial charge on any atom is -1.00 e. The van der Waals surface area contributed by atoms with Crippen LogP contribution in [0.1, 0.15) is 19.8 Å². The highest BCUT2D eigenvalue weighted by molar-refractivity contribution is 6.18. The van der Waals surface area contributed by atoms with Crippen molar-refractivity contribution in [1.29, 1.82) is 0 Å². The Labute approximate surface area is 73.9 Å². The van der Waals surface area contributed by atoms with E-state index in [4.69, 9.17) is 11.6 Å². The van der Waals surface area contributed by atoms with E-state index in [1.807, 2.05) is 0 Å². The van der Waals surface area contributed by atoms with Crippen molar-refractivity contribution in [2.75, 3.05) is 12.4 Å². The van der Waals surface area contributed by atoms with Crippen molar-refractivity contribution < 1.29 is 17.7 Å². The predicted octanol–water partition coefficient (Wildman–Crippen LogP) is -2.41. The molecule has 2 N–H and O–H groups in total. The lowest BCUT2D eigenvalue weighted by Crippen LogP contribution is -3.00. The molecule has 1 aliphatic rings. The number of hydrogen-bond acceptors (Lipinski definition) is 0. The highest BCUT2D eigenvalue weighted by atomic mass is 35.5. The maximum Gasteiger partial charge on any atom is 0.0898 e. The summed E-state index contributed by atoms with van der Waals surface area (Å²) in [6, 6.07) is 0.822. The molecule has 0 amide bonds. The van der Waals surface area contributed by atoms with Gasteiger partial charge in [0.25, 0.3) is 0 Å². The fourth-order valence-electron chi connectivity index (χ4n) is 1.43. The summed E-state index contributed by atoms with van der Waals surface area (Å²) in [7, 11) is 0. The van der Waals surface area contributed by atoms with Gasteiger partial charge < -0.3 is 17.7 Å². The Balaban J connectivity index is 0.000000810. The van der Waals surface area contributed by atoms with E-state index in [2.05, 4.69) is 12.2 Å². The Kier molecular flexibility index (Phi) is 5.51. The van der Waals surface area contributed by atoms with Crippen LogP contribution in [-0.2, 0) is 0 Å². The zero-order valence-corrected chi connectivity index (χ0v) is 7.83. The summed E-state index contributed by atoms with van der Waals surface area (Å²) >= 11 is 5.71. The van der Waals surface area contributed by atoms with Crippen LogP contribution in [0.15, 0.2) is 0 Å². The molecular formula is C7H15Cl2N. The normalized spacial score (nSPS) is 27.6. The summed E-state index contributed by atoms with van der Waals surface area (Å²) in [5.41, 5.74) is 0. The second-order valence-electron chi connectivity index (χ2n) is 2.96. The molecule has 0 spiro atoms. The van der Waals surface area contributed by atoms with Crippen molar-refractivity contribution in [1.82, 2.24) is 0 Å². The van der Waals surface area contributed by atoms with Crippen LogP contribution >= 0.6 is 11.6 Å². The summed E-state index contributed by atoms with van der Waals surface area (Å²) < 4.78 is 0. The van der Waals surface area contributed by atoms with Gasteiger partial charge in [-0.25, -0.2) is 0 Å². The molecular weight excluding hydrogens is 169 g/mol. The zero-order chi connectivity index (χ0) is 6.69. The largest absolute Gasteiger partial charge is 1.00 e. The number of halogens is 2. The molecule has 1 nitrogen and oxygen atoms in total. The first-order valence-electron chi connectivity index (χ1n) is 3.74. The maximum absolute atomic E-state index is 5.71. The second kappa shape index (κ2) is 5.22. The monoisotopic (exact) mass is 183 g/mol. The van der Waals surface area contributed by atoms with Gasteiger partial charge in [-0.3, -0.25) is 0 Å². The van der Waals surface area contributed by atoms with E-state index in [1.54, 1.807) is 0 Å². The van der Waals surface area contributed by atoms with Crippen molar-refractivity contribution in [2.45, 2.75) is 25.8 Å². The Hall–Kier alpha value is 0.540. The molecule has 0 aromatic carbocycles. The molecule has 1 saturated heterocycles. The van der Waals surface area contributed by atoms with Crippen molar-refractivity contribution in [3.8, 4) is 0 Å². The smallest absolute Gasteiger partial charge is 0.0898 e. The van der Waals surface area contributed by atoms with Gasteiger partial charge in [-0.15, -0.1) is 11.6 Å². The van der Waals surface area contributed by atoms with Crippen LogP contribution in [-0.4, -0.2) is 18.5 Å². The molecule has 1 heterocycles. The second-order valence-corrected chi connectivity index (χ2v) is 3.27. The number of quaternary nitrogens is 1. The summed E-state index contributed by atoms with van der Waals surface area (Å²) in [6.45, 7) is 3.55. The maximum atomic E-state index is 5.71. The van der Waals surface area contributed by atoms with Crippen molar-refractivity contribution in [3.63, 3.8) is 0 Å². The van der Waals surface area contributed by atoms with Gasteiger partial charge in [-0.1, -0.05) is 6.92 Å². The van der Waals surface area contributed by atoms with Crippen LogP contribution in [0.4, 0.5) is 0 Å². The lowest BCUT2D eigenvalue weighted by Gasteiger charge is -2.11. The standard InChI is InChI=1S/C7H14ClN.ClH/c1-6(5-8)7-3-2-4-9-7;/h6-7,9H,2-5H2,1H3;1H/t6-,7-;/m0./s1. The van der Waals surface area contributed by atoms with Crippen molar-refractivity contribution >= 4 is 11.6 Å². The number of rotatable bonds is 2. The van der Waals surface area contributed by atoms with Gasteiger partial charge in [0.15, 0.2) is 0 Å². The molecule has 0 saturated carbocycles. The third-order valence-corrected chi connectivity index (χ3v) is 2.67. The van der Waals surface area contributed by atoms with Crippen LogP contribution in [0.5, 0.6) is 0 Å². The SMILES string of the molecule is C[C@@H](CCl)[C@@H]1CCC[NH2+]1.[Cl-]. The molecule has 0 bridgehead atoms. The van der Waals surface area contributed by atoms with E-state index in [1.165, 1.54) is 19.4 Å². The molecule has 62 valence electrons. The molecule has 0 unspecified atom stereocenters. The Bertz CT molecular complexity index is 81.7. The first kappa shape index (κ1) is 10.5. The van der Waals surface area contributed by atoms with Gasteiger partial charge in [0.2, 0.25) is 0 Å². The lowest BCUT2D eigenvalue weighted by atomic mass is 10.0. The highest BCUT2D eigenvalue weighted by Crippen LogP contribution is 2.09. The molecule has 2 atom stereocenters. The molecule has 0 aliphatic carbocycles. The van der Waals surface area contributed by atoms with E-state index in [0.29, 0.717) is 5.92 Å². The van der Waals surface area contributed by atoms with Crippen LogP contribution < -0.4 is 17.7 Å². The Morgan fingerprint density at radius 1 is 1.70 bits per heavy atom. The summed E-state index contributed by atoms with van der Waals surface area (Å²) in [6.07, 6.45) is 2.75. The molecule has 10 heavy (non-hydrogen) atoms. The number of nitrogens with two attached hydrogens (primary N) is 1. The minimum absolute atomic E-state index is 0. The van der Waals surface area contributed by atoms with Gasteiger partial charge in [0, 0.05) is 24.6 Å². The first-order valence-corrected chi connectivity index (χ1v) is 4.27. The average Bonchev–Trinajstić information content (AvgIpc) is 2.37. The van der Waals surface area contributed by atoms with Gasteiger partial charge in [-0.2, -0.15) is 0 Å². The molecule has 3 heteroatoms. The topological polar surface area (TPSA) is 16.6 Å². The third-order valence-electron chi connectivity index (χ3n) is 2.19. The Morgan fingerprint density at radius 2 is 2.40 bits per heavy atom. The van der Waals surface area contributed by atoms with Crippen LogP contribution in [0.2, 0.25) is 0 Å². The fraction of sp³-hybridized carbons (Fsp3) is 1.00. The molecule has 0 aromatic heterocycles. The van der Waals surface area contributed by atoms with Gasteiger partial charge >= 0.3 is 0 Å². The Morgan fingerprint density at radius 3 is 2.80 bits per heavy atom. The first-order chi connectivity index (χ1) is 4.34. The quantitative estimate of drug-likeness (QED) is 0.460. The third kappa shape index (κ3) is 2.65. The lowest BCUT2D eigenvalue weighted by molar-refractivity contribution is -0.675. The van der Waals surface area contributed by atoms with Gasteiger partial charge in [0.05, 0.1) is 12.6 Å².